The van der Waals surface area contributed by atoms with Crippen LogP contribution in [0.25, 0.3) is 0 Å². The van der Waals surface area contributed by atoms with Gasteiger partial charge in [-0.15, -0.1) is 11.3 Å². The minimum Gasteiger partial charge on any atom is -0.444 e. The number of aryl methyl sites for hydroxylation is 1. The van der Waals surface area contributed by atoms with Crippen molar-refractivity contribution in [1.82, 2.24) is 10.3 Å². The first-order chi connectivity index (χ1) is 8.08. The maximum absolute atomic E-state index is 11.9. The smallest absolute Gasteiger partial charge is 0.264 e. The summed E-state index contributed by atoms with van der Waals surface area (Å²) in [4.78, 5) is 16.4. The predicted molar refractivity (Wildman–Crippen MR) is 65.9 cm³/mol. The third kappa shape index (κ3) is 2.47. The summed E-state index contributed by atoms with van der Waals surface area (Å²) in [6.07, 6.45) is 1.62. The summed E-state index contributed by atoms with van der Waals surface area (Å²) < 4.78 is 5.34. The summed E-state index contributed by atoms with van der Waals surface area (Å²) in [6, 6.07) is 1.43. The summed E-state index contributed by atoms with van der Waals surface area (Å²) in [7, 11) is 0. The molecule has 0 saturated heterocycles. The Bertz CT molecular complexity index is 532. The van der Waals surface area contributed by atoms with Gasteiger partial charge < -0.3 is 15.5 Å². The van der Waals surface area contributed by atoms with Crippen molar-refractivity contribution in [3.63, 3.8) is 0 Å². The second-order valence-electron chi connectivity index (χ2n) is 3.71. The minimum atomic E-state index is -0.280. The molecule has 0 fully saturated rings. The number of nitrogens with zero attached hydrogens (tertiary/aromatic N) is 1. The molecular weight excluding hydrogens is 238 g/mol. The van der Waals surface area contributed by atoms with Crippen LogP contribution < -0.4 is 11.1 Å². The lowest BCUT2D eigenvalue weighted by atomic mass is 10.3. The van der Waals surface area contributed by atoms with Crippen LogP contribution in [-0.2, 0) is 0 Å². The number of carbonyl (C=O) groups excluding carboxylic acids is 1. The third-order valence-electron chi connectivity index (χ3n) is 2.26. The number of rotatable bonds is 3. The van der Waals surface area contributed by atoms with E-state index in [1.54, 1.807) is 17.6 Å². The molecule has 1 amide bonds. The van der Waals surface area contributed by atoms with Gasteiger partial charge in [0, 0.05) is 0 Å². The standard InChI is InChI=1S/C11H13N3O2S/c1-6-5-13-11(16-6)7(2)14-10(15)9-8(12)3-4-17-9/h3-5,7H,12H2,1-2H3,(H,14,15). The van der Waals surface area contributed by atoms with E-state index in [2.05, 4.69) is 10.3 Å². The molecule has 0 aromatic carbocycles. The number of amides is 1. The van der Waals surface area contributed by atoms with Crippen molar-refractivity contribution in [1.29, 1.82) is 0 Å². The van der Waals surface area contributed by atoms with Gasteiger partial charge in [0.05, 0.1) is 11.9 Å². The Hall–Kier alpha value is -1.82. The highest BCUT2D eigenvalue weighted by Crippen LogP contribution is 2.20. The lowest BCUT2D eigenvalue weighted by molar-refractivity contribution is 0.0939. The molecule has 0 spiro atoms. The van der Waals surface area contributed by atoms with Gasteiger partial charge in [0.1, 0.15) is 16.7 Å². The quantitative estimate of drug-likeness (QED) is 0.875. The molecule has 6 heteroatoms. The Morgan fingerprint density at radius 2 is 2.41 bits per heavy atom. The first kappa shape index (κ1) is 11.7. The molecule has 2 aromatic heterocycles. The fourth-order valence-electron chi connectivity index (χ4n) is 1.40. The van der Waals surface area contributed by atoms with Crippen LogP contribution in [-0.4, -0.2) is 10.9 Å². The van der Waals surface area contributed by atoms with E-state index >= 15 is 0 Å². The highest BCUT2D eigenvalue weighted by molar-refractivity contribution is 7.12. The van der Waals surface area contributed by atoms with Gasteiger partial charge in [-0.05, 0) is 25.3 Å². The molecule has 0 aliphatic heterocycles. The number of hydrogen-bond donors (Lipinski definition) is 2. The summed E-state index contributed by atoms with van der Waals surface area (Å²) in [5, 5.41) is 4.57. The molecule has 3 N–H and O–H groups in total. The molecule has 0 bridgehead atoms. The van der Waals surface area contributed by atoms with Crippen LogP contribution >= 0.6 is 11.3 Å². The molecule has 0 saturated carbocycles. The Kier molecular flexibility index (Phi) is 3.14. The SMILES string of the molecule is Cc1cnc(C(C)NC(=O)c2sccc2N)o1. The van der Waals surface area contributed by atoms with E-state index in [1.807, 2.05) is 13.8 Å². The van der Waals surface area contributed by atoms with E-state index in [-0.39, 0.29) is 11.9 Å². The number of hydrogen-bond acceptors (Lipinski definition) is 5. The number of nitrogens with two attached hydrogens (primary N) is 1. The Morgan fingerprint density at radius 3 is 2.94 bits per heavy atom. The van der Waals surface area contributed by atoms with Crippen molar-refractivity contribution in [2.75, 3.05) is 5.73 Å². The highest BCUT2D eigenvalue weighted by Gasteiger charge is 2.17. The Morgan fingerprint density at radius 1 is 1.65 bits per heavy atom. The van der Waals surface area contributed by atoms with Gasteiger partial charge in [0.15, 0.2) is 0 Å². The van der Waals surface area contributed by atoms with Gasteiger partial charge in [-0.1, -0.05) is 0 Å². The van der Waals surface area contributed by atoms with Gasteiger partial charge in [-0.2, -0.15) is 0 Å². The summed E-state index contributed by atoms with van der Waals surface area (Å²) in [5.41, 5.74) is 6.16. The van der Waals surface area contributed by atoms with E-state index in [9.17, 15) is 4.79 Å². The summed E-state index contributed by atoms with van der Waals surface area (Å²) in [5.74, 6) is 1.00. The molecule has 1 unspecified atom stereocenters. The second-order valence-corrected chi connectivity index (χ2v) is 4.63. The highest BCUT2D eigenvalue weighted by atomic mass is 32.1. The first-order valence-corrected chi connectivity index (χ1v) is 6.02. The van der Waals surface area contributed by atoms with Crippen molar-refractivity contribution in [3.05, 3.63) is 34.2 Å². The van der Waals surface area contributed by atoms with E-state index in [0.29, 0.717) is 16.5 Å². The molecule has 0 aliphatic carbocycles. The van der Waals surface area contributed by atoms with Crippen molar-refractivity contribution in [3.8, 4) is 0 Å². The van der Waals surface area contributed by atoms with E-state index < -0.39 is 0 Å². The Labute approximate surface area is 103 Å². The molecule has 5 nitrogen and oxygen atoms in total. The third-order valence-corrected chi connectivity index (χ3v) is 3.19. The fraction of sp³-hybridized carbons (Fsp3) is 0.273. The zero-order valence-corrected chi connectivity index (χ0v) is 10.4. The first-order valence-electron chi connectivity index (χ1n) is 5.14. The molecule has 0 radical (unpaired) electrons. The largest absolute Gasteiger partial charge is 0.444 e. The predicted octanol–water partition coefficient (Wildman–Crippen LogP) is 2.12. The lowest BCUT2D eigenvalue weighted by Crippen LogP contribution is -2.26. The average Bonchev–Trinajstić information content (AvgIpc) is 2.86. The van der Waals surface area contributed by atoms with Gasteiger partial charge in [0.2, 0.25) is 5.89 Å². The topological polar surface area (TPSA) is 81.2 Å². The number of oxazole rings is 1. The van der Waals surface area contributed by atoms with Crippen LogP contribution in [0, 0.1) is 6.92 Å². The van der Waals surface area contributed by atoms with Crippen molar-refractivity contribution in [2.45, 2.75) is 19.9 Å². The fourth-order valence-corrected chi connectivity index (χ4v) is 2.12. The van der Waals surface area contributed by atoms with Crippen molar-refractivity contribution in [2.24, 2.45) is 0 Å². The van der Waals surface area contributed by atoms with Gasteiger partial charge in [0.25, 0.3) is 5.91 Å². The number of aromatic nitrogens is 1. The van der Waals surface area contributed by atoms with Gasteiger partial charge in [-0.3, -0.25) is 4.79 Å². The van der Waals surface area contributed by atoms with Crippen LogP contribution in [0.1, 0.15) is 34.3 Å². The number of nitrogens with one attached hydrogen (secondary N) is 1. The van der Waals surface area contributed by atoms with Crippen molar-refractivity contribution < 1.29 is 9.21 Å². The van der Waals surface area contributed by atoms with E-state index in [4.69, 9.17) is 10.2 Å². The molecule has 0 aliphatic rings. The van der Waals surface area contributed by atoms with Gasteiger partial charge >= 0.3 is 0 Å². The lowest BCUT2D eigenvalue weighted by Gasteiger charge is -2.09. The normalized spacial score (nSPS) is 12.4. The Balaban J connectivity index is 2.07. The maximum Gasteiger partial charge on any atom is 0.264 e. The number of anilines is 1. The molecule has 2 aromatic rings. The van der Waals surface area contributed by atoms with Crippen LogP contribution in [0.3, 0.4) is 0 Å². The monoisotopic (exact) mass is 251 g/mol. The molecule has 1 atom stereocenters. The number of thiophene rings is 1. The minimum absolute atomic E-state index is 0.208. The van der Waals surface area contributed by atoms with E-state index in [0.717, 1.165) is 5.76 Å². The second kappa shape index (κ2) is 4.58. The zero-order chi connectivity index (χ0) is 12.4. The van der Waals surface area contributed by atoms with E-state index in [1.165, 1.54) is 11.3 Å². The van der Waals surface area contributed by atoms with Crippen LogP contribution in [0.15, 0.2) is 22.1 Å². The molecule has 2 rings (SSSR count). The summed E-state index contributed by atoms with van der Waals surface area (Å²) in [6.45, 7) is 3.62. The molecule has 90 valence electrons. The van der Waals surface area contributed by atoms with Crippen LogP contribution in [0.4, 0.5) is 5.69 Å². The maximum atomic E-state index is 11.9. The van der Waals surface area contributed by atoms with Crippen molar-refractivity contribution >= 4 is 22.9 Å². The summed E-state index contributed by atoms with van der Waals surface area (Å²) >= 11 is 1.31. The molecular formula is C11H13N3O2S. The van der Waals surface area contributed by atoms with Gasteiger partial charge in [-0.25, -0.2) is 4.98 Å². The zero-order valence-electron chi connectivity index (χ0n) is 9.56. The van der Waals surface area contributed by atoms with Crippen LogP contribution in [0.2, 0.25) is 0 Å². The average molecular weight is 251 g/mol. The number of carbonyl (C=O) groups is 1. The number of nitrogen functional groups attached to an aromatic ring is 1. The molecule has 17 heavy (non-hydrogen) atoms. The molecule has 2 heterocycles. The van der Waals surface area contributed by atoms with Crippen LogP contribution in [0.5, 0.6) is 0 Å².